The van der Waals surface area contributed by atoms with Gasteiger partial charge in [-0.25, -0.2) is 4.98 Å². The maximum atomic E-state index is 13.4. The number of carbonyl (C=O) groups excluding carboxylic acids is 1. The molecule has 0 spiro atoms. The van der Waals surface area contributed by atoms with Crippen LogP contribution in [0.1, 0.15) is 37.2 Å². The van der Waals surface area contributed by atoms with Crippen LogP contribution >= 0.6 is 0 Å². The molecule has 9 heteroatoms. The van der Waals surface area contributed by atoms with E-state index in [1.165, 1.54) is 13.2 Å². The molecule has 0 saturated carbocycles. The molecule has 1 unspecified atom stereocenters. The predicted molar refractivity (Wildman–Crippen MR) is 96.0 cm³/mol. The van der Waals surface area contributed by atoms with E-state index in [9.17, 15) is 23.1 Å². The number of amides is 1. The maximum Gasteiger partial charge on any atom is 0.425 e. The number of alkyl halides is 3. The summed E-state index contributed by atoms with van der Waals surface area (Å²) in [5.41, 5.74) is -1.70. The van der Waals surface area contributed by atoms with E-state index in [1.807, 2.05) is 26.0 Å². The normalized spacial score (nSPS) is 14.1. The molecule has 2 aromatic rings. The molecular formula is C19H24F3N3O3. The first kappa shape index (κ1) is 21.9. The van der Waals surface area contributed by atoms with Gasteiger partial charge in [0.05, 0.1) is 19.1 Å². The summed E-state index contributed by atoms with van der Waals surface area (Å²) in [5.74, 6) is -1.57. The maximum absolute atomic E-state index is 13.4. The number of aromatic nitrogens is 2. The van der Waals surface area contributed by atoms with Gasteiger partial charge in [-0.05, 0) is 25.0 Å². The lowest BCUT2D eigenvalue weighted by atomic mass is 9.97. The summed E-state index contributed by atoms with van der Waals surface area (Å²) in [6.07, 6.45) is -3.73. The number of carbonyl (C=O) groups is 1. The Morgan fingerprint density at radius 3 is 2.36 bits per heavy atom. The number of nitrogens with zero attached hydrogens (tertiary/aromatic N) is 2. The lowest BCUT2D eigenvalue weighted by Crippen LogP contribution is -2.47. The number of imidazole rings is 1. The fourth-order valence-electron chi connectivity index (χ4n) is 2.58. The monoisotopic (exact) mass is 399 g/mol. The van der Waals surface area contributed by atoms with Crippen LogP contribution in [0.4, 0.5) is 13.2 Å². The molecule has 0 fully saturated rings. The van der Waals surface area contributed by atoms with Crippen LogP contribution in [0.2, 0.25) is 0 Å². The van der Waals surface area contributed by atoms with Gasteiger partial charge in [-0.1, -0.05) is 24.3 Å². The summed E-state index contributed by atoms with van der Waals surface area (Å²) in [6, 6.07) is 7.16. The second kappa shape index (κ2) is 8.74. The molecule has 1 amide bonds. The van der Waals surface area contributed by atoms with Crippen LogP contribution in [-0.4, -0.2) is 32.8 Å². The first-order valence-electron chi connectivity index (χ1n) is 8.76. The van der Waals surface area contributed by atoms with Crippen LogP contribution in [0.5, 0.6) is 0 Å². The second-order valence-corrected chi connectivity index (χ2v) is 6.85. The van der Waals surface area contributed by atoms with Gasteiger partial charge in [0.25, 0.3) is 0 Å². The molecule has 28 heavy (non-hydrogen) atoms. The molecule has 6 nitrogen and oxygen atoms in total. The van der Waals surface area contributed by atoms with Crippen molar-refractivity contribution in [2.45, 2.75) is 51.3 Å². The Hall–Kier alpha value is -2.39. The molecule has 1 atom stereocenters. The SMILES string of the molecule is CC(C)OCc1ccc(CNC(=O)CC(O)(c2nccn2C)C(F)(F)F)cc1. The summed E-state index contributed by atoms with van der Waals surface area (Å²) in [5, 5.41) is 12.6. The largest absolute Gasteiger partial charge is 0.425 e. The van der Waals surface area contributed by atoms with Crippen LogP contribution in [-0.2, 0) is 35.3 Å². The fraction of sp³-hybridized carbons (Fsp3) is 0.474. The smallest absolute Gasteiger partial charge is 0.374 e. The van der Waals surface area contributed by atoms with Gasteiger partial charge in [0.15, 0.2) is 5.82 Å². The average molecular weight is 399 g/mol. The van der Waals surface area contributed by atoms with Crippen molar-refractivity contribution in [3.8, 4) is 0 Å². The van der Waals surface area contributed by atoms with Crippen LogP contribution in [0.3, 0.4) is 0 Å². The lowest BCUT2D eigenvalue weighted by Gasteiger charge is -2.29. The van der Waals surface area contributed by atoms with Gasteiger partial charge in [0.1, 0.15) is 0 Å². The van der Waals surface area contributed by atoms with E-state index in [2.05, 4.69) is 10.3 Å². The van der Waals surface area contributed by atoms with Gasteiger partial charge in [-0.3, -0.25) is 4.79 Å². The van der Waals surface area contributed by atoms with Crippen molar-refractivity contribution in [2.75, 3.05) is 0 Å². The second-order valence-electron chi connectivity index (χ2n) is 6.85. The Bertz CT molecular complexity index is 788. The first-order valence-corrected chi connectivity index (χ1v) is 8.76. The Labute approximate surface area is 161 Å². The van der Waals surface area contributed by atoms with E-state index in [0.717, 1.165) is 16.3 Å². The van der Waals surface area contributed by atoms with Gasteiger partial charge in [0.2, 0.25) is 11.5 Å². The van der Waals surface area contributed by atoms with E-state index < -0.39 is 29.9 Å². The number of ether oxygens (including phenoxy) is 1. The molecule has 0 radical (unpaired) electrons. The number of hydrogen-bond donors (Lipinski definition) is 2. The molecule has 1 aromatic heterocycles. The van der Waals surface area contributed by atoms with Crippen molar-refractivity contribution < 1.29 is 27.8 Å². The Kier molecular flexibility index (Phi) is 6.84. The van der Waals surface area contributed by atoms with Gasteiger partial charge in [-0.15, -0.1) is 0 Å². The third-order valence-corrected chi connectivity index (χ3v) is 4.17. The predicted octanol–water partition coefficient (Wildman–Crippen LogP) is 2.80. The van der Waals surface area contributed by atoms with Crippen LogP contribution < -0.4 is 5.32 Å². The number of nitrogens with one attached hydrogen (secondary N) is 1. The van der Waals surface area contributed by atoms with E-state index in [4.69, 9.17) is 4.74 Å². The summed E-state index contributed by atoms with van der Waals surface area (Å²) >= 11 is 0. The van der Waals surface area contributed by atoms with E-state index >= 15 is 0 Å². The Morgan fingerprint density at radius 1 is 1.25 bits per heavy atom. The molecule has 1 heterocycles. The van der Waals surface area contributed by atoms with E-state index in [1.54, 1.807) is 12.1 Å². The van der Waals surface area contributed by atoms with Crippen LogP contribution in [0.25, 0.3) is 0 Å². The summed E-state index contributed by atoms with van der Waals surface area (Å²) in [7, 11) is 1.32. The van der Waals surface area contributed by atoms with E-state index in [0.29, 0.717) is 12.2 Å². The van der Waals surface area contributed by atoms with Crippen molar-refractivity contribution >= 4 is 5.91 Å². The minimum atomic E-state index is -5.05. The number of aliphatic hydroxyl groups is 1. The minimum absolute atomic E-state index is 0.0403. The quantitative estimate of drug-likeness (QED) is 0.716. The molecule has 0 aliphatic carbocycles. The molecule has 0 saturated heterocycles. The van der Waals surface area contributed by atoms with Crippen LogP contribution in [0, 0.1) is 0 Å². The highest BCUT2D eigenvalue weighted by Gasteiger charge is 2.58. The molecule has 2 N–H and O–H groups in total. The average Bonchev–Trinajstić information content (AvgIpc) is 3.04. The standard InChI is InChI=1S/C19H24F3N3O3/c1-13(2)28-12-15-6-4-14(5-7-15)11-24-16(26)10-18(27,19(20,21)22)17-23-8-9-25(17)3/h4-9,13,27H,10-12H2,1-3H3,(H,24,26). The molecule has 154 valence electrons. The number of halogens is 3. The molecule has 0 aliphatic rings. The zero-order valence-corrected chi connectivity index (χ0v) is 16.0. The van der Waals surface area contributed by atoms with Crippen LogP contribution in [0.15, 0.2) is 36.7 Å². The van der Waals surface area contributed by atoms with Crippen molar-refractivity contribution in [2.24, 2.45) is 7.05 Å². The number of hydrogen-bond acceptors (Lipinski definition) is 4. The highest BCUT2D eigenvalue weighted by molar-refractivity contribution is 5.77. The lowest BCUT2D eigenvalue weighted by molar-refractivity contribution is -0.271. The fourth-order valence-corrected chi connectivity index (χ4v) is 2.58. The molecular weight excluding hydrogens is 375 g/mol. The summed E-state index contributed by atoms with van der Waals surface area (Å²) in [6.45, 7) is 4.35. The number of rotatable bonds is 8. The third-order valence-electron chi connectivity index (χ3n) is 4.17. The molecule has 1 aromatic carbocycles. The first-order chi connectivity index (χ1) is 13.0. The Morgan fingerprint density at radius 2 is 1.86 bits per heavy atom. The van der Waals surface area contributed by atoms with E-state index in [-0.39, 0.29) is 12.6 Å². The van der Waals surface area contributed by atoms with Crippen molar-refractivity contribution in [1.82, 2.24) is 14.9 Å². The van der Waals surface area contributed by atoms with Gasteiger partial charge in [0, 0.05) is 26.0 Å². The minimum Gasteiger partial charge on any atom is -0.374 e. The van der Waals surface area contributed by atoms with Gasteiger partial charge < -0.3 is 19.7 Å². The zero-order chi connectivity index (χ0) is 20.9. The molecule has 0 aliphatic heterocycles. The van der Waals surface area contributed by atoms with Crippen molar-refractivity contribution in [1.29, 1.82) is 0 Å². The van der Waals surface area contributed by atoms with Gasteiger partial charge in [-0.2, -0.15) is 13.2 Å². The molecule has 2 rings (SSSR count). The highest BCUT2D eigenvalue weighted by atomic mass is 19.4. The highest BCUT2D eigenvalue weighted by Crippen LogP contribution is 2.40. The van der Waals surface area contributed by atoms with Gasteiger partial charge >= 0.3 is 6.18 Å². The number of benzene rings is 1. The topological polar surface area (TPSA) is 76.4 Å². The zero-order valence-electron chi connectivity index (χ0n) is 16.0. The third kappa shape index (κ3) is 5.32. The summed E-state index contributed by atoms with van der Waals surface area (Å²) in [4.78, 5) is 15.7. The number of aryl methyl sites for hydroxylation is 1. The molecule has 0 bridgehead atoms. The summed E-state index contributed by atoms with van der Waals surface area (Å²) < 4.78 is 46.9. The van der Waals surface area contributed by atoms with Crippen molar-refractivity contribution in [3.05, 3.63) is 53.6 Å². The Balaban J connectivity index is 1.99. The van der Waals surface area contributed by atoms with Crippen molar-refractivity contribution in [3.63, 3.8) is 0 Å².